The van der Waals surface area contributed by atoms with Gasteiger partial charge in [0, 0.05) is 12.3 Å². The Hall–Kier alpha value is -2.27. The number of nitrogens with zero attached hydrogens (tertiary/aromatic N) is 1. The van der Waals surface area contributed by atoms with Gasteiger partial charge >= 0.3 is 0 Å². The van der Waals surface area contributed by atoms with Crippen LogP contribution in [0.15, 0.2) is 48.5 Å². The van der Waals surface area contributed by atoms with Crippen molar-refractivity contribution in [2.24, 2.45) is 5.92 Å². The molecule has 112 valence electrons. The second-order valence-electron chi connectivity index (χ2n) is 5.97. The summed E-state index contributed by atoms with van der Waals surface area (Å²) in [5.41, 5.74) is 4.05. The van der Waals surface area contributed by atoms with Crippen LogP contribution in [0.4, 0.5) is 0 Å². The molecule has 22 heavy (non-hydrogen) atoms. The summed E-state index contributed by atoms with van der Waals surface area (Å²) in [5, 5.41) is 9.24. The van der Waals surface area contributed by atoms with Gasteiger partial charge < -0.3 is 4.74 Å². The Morgan fingerprint density at radius 3 is 2.73 bits per heavy atom. The van der Waals surface area contributed by atoms with Crippen LogP contribution in [0.3, 0.4) is 0 Å². The minimum Gasteiger partial charge on any atom is -0.497 e. The van der Waals surface area contributed by atoms with Crippen LogP contribution in [-0.2, 0) is 6.42 Å². The van der Waals surface area contributed by atoms with E-state index in [1.807, 2.05) is 6.07 Å². The number of ether oxygens (including phenoxy) is 1. The first-order chi connectivity index (χ1) is 10.8. The van der Waals surface area contributed by atoms with Crippen molar-refractivity contribution < 1.29 is 4.74 Å². The molecule has 0 saturated heterocycles. The van der Waals surface area contributed by atoms with Crippen LogP contribution >= 0.6 is 0 Å². The predicted octanol–water partition coefficient (Wildman–Crippen LogP) is 4.69. The van der Waals surface area contributed by atoms with Crippen LogP contribution in [0.5, 0.6) is 5.75 Å². The van der Waals surface area contributed by atoms with E-state index in [2.05, 4.69) is 48.5 Å². The molecule has 1 aliphatic rings. The highest BCUT2D eigenvalue weighted by atomic mass is 16.5. The maximum Gasteiger partial charge on any atom is 0.119 e. The zero-order chi connectivity index (χ0) is 15.4. The van der Waals surface area contributed by atoms with Gasteiger partial charge in [0.25, 0.3) is 0 Å². The summed E-state index contributed by atoms with van der Waals surface area (Å²) in [6.07, 6.45) is 3.92. The fourth-order valence-corrected chi connectivity index (χ4v) is 3.65. The zero-order valence-corrected chi connectivity index (χ0v) is 13.0. The average molecular weight is 291 g/mol. The molecule has 0 aliphatic heterocycles. The summed E-state index contributed by atoms with van der Waals surface area (Å²) in [6, 6.07) is 19.4. The number of hydrogen-bond acceptors (Lipinski definition) is 2. The number of rotatable bonds is 3. The monoisotopic (exact) mass is 291 g/mol. The van der Waals surface area contributed by atoms with Crippen molar-refractivity contribution in [3.63, 3.8) is 0 Å². The number of benzene rings is 2. The lowest BCUT2D eigenvalue weighted by atomic mass is 9.78. The summed E-state index contributed by atoms with van der Waals surface area (Å²) in [6.45, 7) is 0. The molecule has 2 nitrogen and oxygen atoms in total. The molecule has 2 aromatic rings. The predicted molar refractivity (Wildman–Crippen MR) is 87.9 cm³/mol. The molecule has 2 heteroatoms. The standard InChI is InChI=1S/C20H21NO/c1-22-18-10-11-19-17(14-18)9-5-8-16(12-13-21)20(19)15-6-3-2-4-7-15/h2-4,6-7,10-11,14,16,20H,5,8-9,12H2,1H3. The van der Waals surface area contributed by atoms with Crippen LogP contribution in [0.1, 0.15) is 41.9 Å². The van der Waals surface area contributed by atoms with E-state index in [-0.39, 0.29) is 0 Å². The molecule has 0 fully saturated rings. The van der Waals surface area contributed by atoms with E-state index < -0.39 is 0 Å². The molecule has 0 heterocycles. The van der Waals surface area contributed by atoms with Crippen LogP contribution < -0.4 is 4.74 Å². The van der Waals surface area contributed by atoms with Gasteiger partial charge in [-0.3, -0.25) is 0 Å². The van der Waals surface area contributed by atoms with E-state index in [0.29, 0.717) is 18.3 Å². The van der Waals surface area contributed by atoms with Crippen LogP contribution in [-0.4, -0.2) is 7.11 Å². The molecule has 3 rings (SSSR count). The molecule has 2 aromatic carbocycles. The lowest BCUT2D eigenvalue weighted by Crippen LogP contribution is -2.13. The highest BCUT2D eigenvalue weighted by Crippen LogP contribution is 2.42. The Balaban J connectivity index is 2.10. The van der Waals surface area contributed by atoms with Crippen molar-refractivity contribution in [3.05, 3.63) is 65.2 Å². The molecule has 0 N–H and O–H groups in total. The highest BCUT2D eigenvalue weighted by Gasteiger charge is 2.29. The van der Waals surface area contributed by atoms with Gasteiger partial charge in [0.1, 0.15) is 5.75 Å². The first-order valence-electron chi connectivity index (χ1n) is 7.92. The largest absolute Gasteiger partial charge is 0.497 e. The van der Waals surface area contributed by atoms with Gasteiger partial charge in [-0.25, -0.2) is 0 Å². The summed E-state index contributed by atoms with van der Waals surface area (Å²) >= 11 is 0. The van der Waals surface area contributed by atoms with E-state index in [1.165, 1.54) is 16.7 Å². The zero-order valence-electron chi connectivity index (χ0n) is 13.0. The molecule has 2 unspecified atom stereocenters. The minimum atomic E-state index is 0.309. The van der Waals surface area contributed by atoms with Gasteiger partial charge in [0.05, 0.1) is 13.2 Å². The van der Waals surface area contributed by atoms with Crippen LogP contribution in [0.25, 0.3) is 0 Å². The molecular formula is C20H21NO. The number of methoxy groups -OCH3 is 1. The highest BCUT2D eigenvalue weighted by molar-refractivity contribution is 5.43. The lowest BCUT2D eigenvalue weighted by molar-refractivity contribution is 0.414. The van der Waals surface area contributed by atoms with E-state index in [1.54, 1.807) is 7.11 Å². The quantitative estimate of drug-likeness (QED) is 0.768. The molecule has 0 saturated carbocycles. The number of aryl methyl sites for hydroxylation is 1. The lowest BCUT2D eigenvalue weighted by Gasteiger charge is -2.26. The Bertz CT molecular complexity index is 672. The summed E-state index contributed by atoms with van der Waals surface area (Å²) in [7, 11) is 1.71. The molecule has 0 bridgehead atoms. The van der Waals surface area contributed by atoms with Crippen LogP contribution in [0.2, 0.25) is 0 Å². The van der Waals surface area contributed by atoms with E-state index in [9.17, 15) is 5.26 Å². The van der Waals surface area contributed by atoms with Crippen molar-refractivity contribution >= 4 is 0 Å². The van der Waals surface area contributed by atoms with Crippen molar-refractivity contribution in [2.45, 2.75) is 31.6 Å². The summed E-state index contributed by atoms with van der Waals surface area (Å²) < 4.78 is 5.38. The summed E-state index contributed by atoms with van der Waals surface area (Å²) in [4.78, 5) is 0. The molecule has 0 spiro atoms. The Morgan fingerprint density at radius 2 is 2.00 bits per heavy atom. The van der Waals surface area contributed by atoms with Crippen LogP contribution in [0, 0.1) is 17.2 Å². The van der Waals surface area contributed by atoms with Gasteiger partial charge in [-0.2, -0.15) is 5.26 Å². The molecule has 0 aromatic heterocycles. The average Bonchev–Trinajstić information content (AvgIpc) is 2.74. The van der Waals surface area contributed by atoms with Crippen molar-refractivity contribution in [1.29, 1.82) is 5.26 Å². The Labute approximate surface area is 132 Å². The molecule has 0 radical (unpaired) electrons. The third kappa shape index (κ3) is 2.85. The van der Waals surface area contributed by atoms with Crippen molar-refractivity contribution in [1.82, 2.24) is 0 Å². The molecule has 2 atom stereocenters. The number of fused-ring (bicyclic) bond motifs is 1. The first-order valence-corrected chi connectivity index (χ1v) is 7.92. The minimum absolute atomic E-state index is 0.309. The number of hydrogen-bond donors (Lipinski definition) is 0. The third-order valence-electron chi connectivity index (χ3n) is 4.69. The van der Waals surface area contributed by atoms with Gasteiger partial charge in [-0.1, -0.05) is 36.4 Å². The first kappa shape index (κ1) is 14.7. The maximum absolute atomic E-state index is 9.24. The topological polar surface area (TPSA) is 33.0 Å². The second-order valence-corrected chi connectivity index (χ2v) is 5.97. The van der Waals surface area contributed by atoms with Gasteiger partial charge in [-0.05, 0) is 54.0 Å². The summed E-state index contributed by atoms with van der Waals surface area (Å²) in [5.74, 6) is 1.62. The SMILES string of the molecule is COc1ccc2c(c1)CCCC(CC#N)C2c1ccccc1. The van der Waals surface area contributed by atoms with E-state index in [4.69, 9.17) is 4.74 Å². The fourth-order valence-electron chi connectivity index (χ4n) is 3.65. The van der Waals surface area contributed by atoms with Crippen molar-refractivity contribution in [2.75, 3.05) is 7.11 Å². The normalized spacial score (nSPS) is 20.5. The van der Waals surface area contributed by atoms with Gasteiger partial charge in [-0.15, -0.1) is 0 Å². The smallest absolute Gasteiger partial charge is 0.119 e. The molecular weight excluding hydrogens is 270 g/mol. The van der Waals surface area contributed by atoms with E-state index >= 15 is 0 Å². The van der Waals surface area contributed by atoms with Gasteiger partial charge in [0.15, 0.2) is 0 Å². The third-order valence-corrected chi connectivity index (χ3v) is 4.69. The molecule has 0 amide bonds. The Kier molecular flexibility index (Phi) is 4.44. The molecule has 1 aliphatic carbocycles. The van der Waals surface area contributed by atoms with Gasteiger partial charge in [0.2, 0.25) is 0 Å². The second kappa shape index (κ2) is 6.66. The fraction of sp³-hybridized carbons (Fsp3) is 0.350. The van der Waals surface area contributed by atoms with Crippen molar-refractivity contribution in [3.8, 4) is 11.8 Å². The number of nitriles is 1. The Morgan fingerprint density at radius 1 is 1.18 bits per heavy atom. The maximum atomic E-state index is 9.24. The van der Waals surface area contributed by atoms with E-state index in [0.717, 1.165) is 25.0 Å².